The summed E-state index contributed by atoms with van der Waals surface area (Å²) in [7, 11) is 0. The topological polar surface area (TPSA) is 25.2 Å². The van der Waals surface area contributed by atoms with Crippen LogP contribution >= 0.6 is 0 Å². The molecule has 1 heterocycles. The Balaban J connectivity index is 2.10. The molecule has 0 fully saturated rings. The van der Waals surface area contributed by atoms with Crippen LogP contribution in [0.4, 0.5) is 5.69 Å². The Morgan fingerprint density at radius 3 is 2.47 bits per heavy atom. The maximum Gasteiger partial charge on any atom is 0.105 e. The van der Waals surface area contributed by atoms with Gasteiger partial charge in [-0.25, -0.2) is 0 Å². The summed E-state index contributed by atoms with van der Waals surface area (Å²) in [4.78, 5) is 0. The van der Waals surface area contributed by atoms with Crippen molar-refractivity contribution in [3.63, 3.8) is 0 Å². The highest BCUT2D eigenvalue weighted by Crippen LogP contribution is 2.29. The third-order valence-corrected chi connectivity index (χ3v) is 3.22. The molecule has 19 heavy (non-hydrogen) atoms. The molecule has 0 saturated carbocycles. The number of para-hydroxylation sites is 1. The molecule has 0 spiro atoms. The first kappa shape index (κ1) is 13.7. The lowest BCUT2D eigenvalue weighted by Gasteiger charge is -2.25. The average Bonchev–Trinajstić information content (AvgIpc) is 2.81. The molecular formula is C17H23NO. The third-order valence-electron chi connectivity index (χ3n) is 3.22. The molecule has 0 radical (unpaired) electrons. The van der Waals surface area contributed by atoms with Crippen molar-refractivity contribution in [2.45, 2.75) is 45.6 Å². The highest BCUT2D eigenvalue weighted by atomic mass is 16.3. The van der Waals surface area contributed by atoms with Crippen LogP contribution in [0.25, 0.3) is 0 Å². The Morgan fingerprint density at radius 1 is 1.11 bits per heavy atom. The number of furan rings is 1. The van der Waals surface area contributed by atoms with Crippen LogP contribution in [0.2, 0.25) is 0 Å². The smallest absolute Gasteiger partial charge is 0.105 e. The summed E-state index contributed by atoms with van der Waals surface area (Å²) in [5, 5.41) is 3.60. The zero-order valence-corrected chi connectivity index (χ0v) is 12.2. The molecule has 0 bridgehead atoms. The minimum atomic E-state index is 0.147. The second-order valence-corrected chi connectivity index (χ2v) is 6.12. The van der Waals surface area contributed by atoms with Crippen LogP contribution in [0.3, 0.4) is 0 Å². The summed E-state index contributed by atoms with van der Waals surface area (Å²) in [5.74, 6) is 1.02. The predicted molar refractivity (Wildman–Crippen MR) is 80.6 cm³/mol. The maximum absolute atomic E-state index is 5.40. The van der Waals surface area contributed by atoms with Gasteiger partial charge in [-0.3, -0.25) is 0 Å². The molecule has 2 nitrogen and oxygen atoms in total. The van der Waals surface area contributed by atoms with Crippen molar-refractivity contribution < 1.29 is 4.42 Å². The largest absolute Gasteiger partial charge is 0.469 e. The number of anilines is 1. The van der Waals surface area contributed by atoms with Crippen LogP contribution in [-0.4, -0.2) is 6.04 Å². The van der Waals surface area contributed by atoms with E-state index in [1.54, 1.807) is 6.26 Å². The molecule has 1 aromatic heterocycles. The van der Waals surface area contributed by atoms with Crippen LogP contribution < -0.4 is 5.32 Å². The molecular weight excluding hydrogens is 234 g/mol. The van der Waals surface area contributed by atoms with Gasteiger partial charge in [0.25, 0.3) is 0 Å². The normalized spacial score (nSPS) is 13.3. The van der Waals surface area contributed by atoms with Gasteiger partial charge in [-0.05, 0) is 36.1 Å². The molecule has 102 valence electrons. The molecule has 2 heteroatoms. The van der Waals surface area contributed by atoms with Crippen molar-refractivity contribution in [3.05, 3.63) is 54.0 Å². The van der Waals surface area contributed by atoms with Crippen LogP contribution in [0.1, 0.15) is 39.0 Å². The maximum atomic E-state index is 5.40. The summed E-state index contributed by atoms with van der Waals surface area (Å²) in [6, 6.07) is 12.8. The van der Waals surface area contributed by atoms with Gasteiger partial charge < -0.3 is 9.73 Å². The number of rotatable bonds is 4. The lowest BCUT2D eigenvalue weighted by Crippen LogP contribution is -2.21. The van der Waals surface area contributed by atoms with E-state index >= 15 is 0 Å². The molecule has 0 aliphatic heterocycles. The molecule has 1 N–H and O–H groups in total. The number of hydrogen-bond acceptors (Lipinski definition) is 2. The van der Waals surface area contributed by atoms with E-state index in [4.69, 9.17) is 4.42 Å². The summed E-state index contributed by atoms with van der Waals surface area (Å²) in [5.41, 5.74) is 2.71. The van der Waals surface area contributed by atoms with Gasteiger partial charge in [0.05, 0.1) is 6.26 Å². The van der Waals surface area contributed by atoms with E-state index < -0.39 is 0 Å². The Bertz CT molecular complexity index is 508. The number of benzene rings is 1. The minimum absolute atomic E-state index is 0.147. The standard InChI is InChI=1S/C17H23NO/c1-13(12-14-8-7-11-19-14)18-16-10-6-5-9-15(16)17(2,3)4/h5-11,13,18H,12H2,1-4H3. The van der Waals surface area contributed by atoms with Gasteiger partial charge in [-0.2, -0.15) is 0 Å². The summed E-state index contributed by atoms with van der Waals surface area (Å²) >= 11 is 0. The van der Waals surface area contributed by atoms with Crippen molar-refractivity contribution in [2.75, 3.05) is 5.32 Å². The van der Waals surface area contributed by atoms with Crippen LogP contribution in [-0.2, 0) is 11.8 Å². The molecule has 1 unspecified atom stereocenters. The van der Waals surface area contributed by atoms with Gasteiger partial charge in [-0.1, -0.05) is 39.0 Å². The Kier molecular flexibility index (Phi) is 3.98. The van der Waals surface area contributed by atoms with Gasteiger partial charge in [-0.15, -0.1) is 0 Å². The highest BCUT2D eigenvalue weighted by molar-refractivity contribution is 5.54. The lowest BCUT2D eigenvalue weighted by molar-refractivity contribution is 0.497. The van der Waals surface area contributed by atoms with E-state index in [0.29, 0.717) is 6.04 Å². The van der Waals surface area contributed by atoms with E-state index in [9.17, 15) is 0 Å². The van der Waals surface area contributed by atoms with Crippen LogP contribution in [0.5, 0.6) is 0 Å². The van der Waals surface area contributed by atoms with E-state index in [1.807, 2.05) is 12.1 Å². The third kappa shape index (κ3) is 3.63. The molecule has 2 aromatic rings. The zero-order valence-electron chi connectivity index (χ0n) is 12.2. The van der Waals surface area contributed by atoms with Gasteiger partial charge in [0.15, 0.2) is 0 Å². The van der Waals surface area contributed by atoms with Gasteiger partial charge >= 0.3 is 0 Å². The van der Waals surface area contributed by atoms with Crippen LogP contribution in [0.15, 0.2) is 47.1 Å². The second kappa shape index (κ2) is 5.52. The monoisotopic (exact) mass is 257 g/mol. The SMILES string of the molecule is CC(Cc1ccco1)Nc1ccccc1C(C)(C)C. The zero-order chi connectivity index (χ0) is 13.9. The second-order valence-electron chi connectivity index (χ2n) is 6.12. The van der Waals surface area contributed by atoms with E-state index in [-0.39, 0.29) is 5.41 Å². The first-order chi connectivity index (χ1) is 8.97. The van der Waals surface area contributed by atoms with Crippen molar-refractivity contribution in [1.82, 2.24) is 0 Å². The fraction of sp³-hybridized carbons (Fsp3) is 0.412. The molecule has 0 amide bonds. The van der Waals surface area contributed by atoms with E-state index in [2.05, 4.69) is 57.3 Å². The number of nitrogens with one attached hydrogen (secondary N) is 1. The molecule has 2 rings (SSSR count). The van der Waals surface area contributed by atoms with Gasteiger partial charge in [0, 0.05) is 18.2 Å². The van der Waals surface area contributed by atoms with E-state index in [0.717, 1.165) is 12.2 Å². The van der Waals surface area contributed by atoms with Gasteiger partial charge in [0.1, 0.15) is 5.76 Å². The Hall–Kier alpha value is -1.70. The average molecular weight is 257 g/mol. The highest BCUT2D eigenvalue weighted by Gasteiger charge is 2.18. The molecule has 0 aliphatic rings. The first-order valence-corrected chi connectivity index (χ1v) is 6.85. The van der Waals surface area contributed by atoms with Gasteiger partial charge in [0.2, 0.25) is 0 Å². The lowest BCUT2D eigenvalue weighted by atomic mass is 9.85. The molecule has 1 atom stereocenters. The first-order valence-electron chi connectivity index (χ1n) is 6.85. The quantitative estimate of drug-likeness (QED) is 0.864. The Morgan fingerprint density at radius 2 is 1.84 bits per heavy atom. The summed E-state index contributed by atoms with van der Waals surface area (Å²) < 4.78 is 5.40. The van der Waals surface area contributed by atoms with Crippen molar-refractivity contribution >= 4 is 5.69 Å². The van der Waals surface area contributed by atoms with E-state index in [1.165, 1.54) is 11.3 Å². The molecule has 1 aromatic carbocycles. The van der Waals surface area contributed by atoms with Crippen LogP contribution in [0, 0.1) is 0 Å². The van der Waals surface area contributed by atoms with Crippen molar-refractivity contribution in [2.24, 2.45) is 0 Å². The fourth-order valence-corrected chi connectivity index (χ4v) is 2.31. The summed E-state index contributed by atoms with van der Waals surface area (Å²) in [6.07, 6.45) is 2.62. The summed E-state index contributed by atoms with van der Waals surface area (Å²) in [6.45, 7) is 8.90. The minimum Gasteiger partial charge on any atom is -0.469 e. The predicted octanol–water partition coefficient (Wildman–Crippen LogP) is 4.62. The Labute approximate surface area is 115 Å². The molecule has 0 aliphatic carbocycles. The number of hydrogen-bond donors (Lipinski definition) is 1. The van der Waals surface area contributed by atoms with Crippen molar-refractivity contribution in [3.8, 4) is 0 Å². The van der Waals surface area contributed by atoms with Crippen molar-refractivity contribution in [1.29, 1.82) is 0 Å². The fourth-order valence-electron chi connectivity index (χ4n) is 2.31. The molecule has 0 saturated heterocycles.